The molecule has 8 nitrogen and oxygen atoms in total. The Hall–Kier alpha value is -3.86. The molecule has 0 atom stereocenters. The van der Waals surface area contributed by atoms with E-state index in [1.54, 1.807) is 13.0 Å². The second-order valence-corrected chi connectivity index (χ2v) is 10.7. The maximum atomic E-state index is 13.4. The molecule has 1 heterocycles. The minimum atomic E-state index is -4.79. The van der Waals surface area contributed by atoms with E-state index in [4.69, 9.17) is 21.1 Å². The van der Waals surface area contributed by atoms with E-state index < -0.39 is 34.0 Å². The molecule has 0 spiro atoms. The van der Waals surface area contributed by atoms with Crippen LogP contribution in [0.3, 0.4) is 0 Å². The lowest BCUT2D eigenvalue weighted by Gasteiger charge is -2.43. The highest BCUT2D eigenvalue weighted by molar-refractivity contribution is 6.32. The van der Waals surface area contributed by atoms with Gasteiger partial charge in [-0.05, 0) is 69.4 Å². The number of hydrogen-bond donors (Lipinski definition) is 0. The van der Waals surface area contributed by atoms with Gasteiger partial charge in [0.05, 0.1) is 22.1 Å². The van der Waals surface area contributed by atoms with Crippen LogP contribution in [-0.2, 0) is 15.8 Å². The van der Waals surface area contributed by atoms with E-state index >= 15 is 0 Å². The van der Waals surface area contributed by atoms with Gasteiger partial charge in [-0.25, -0.2) is 0 Å². The normalized spacial score (nSPS) is 17.8. The number of carbonyl (C=O) groups is 2. The Morgan fingerprint density at radius 3 is 2.12 bits per heavy atom. The first-order chi connectivity index (χ1) is 20.0. The Morgan fingerprint density at radius 2 is 1.60 bits per heavy atom. The van der Waals surface area contributed by atoms with E-state index in [2.05, 4.69) is 4.90 Å². The molecule has 12 heteroatoms. The molecule has 0 N–H and O–H groups in total. The van der Waals surface area contributed by atoms with Crippen LogP contribution < -0.4 is 9.47 Å². The maximum Gasteiger partial charge on any atom is 0.416 e. The lowest BCUT2D eigenvalue weighted by molar-refractivity contribution is -0.385. The summed E-state index contributed by atoms with van der Waals surface area (Å²) in [5.74, 6) is -1.28. The number of nitro benzene ring substituents is 1. The van der Waals surface area contributed by atoms with Crippen molar-refractivity contribution in [3.8, 4) is 17.2 Å². The molecule has 3 aliphatic rings. The Morgan fingerprint density at radius 1 is 0.976 bits per heavy atom. The highest BCUT2D eigenvalue weighted by atomic mass is 35.5. The lowest BCUT2D eigenvalue weighted by atomic mass is 9.71. The summed E-state index contributed by atoms with van der Waals surface area (Å²) in [6.07, 6.45) is -1.27. The molecule has 222 valence electrons. The molecular weight excluding hydrogens is 577 g/mol. The van der Waals surface area contributed by atoms with Crippen LogP contribution in [0.2, 0.25) is 5.02 Å². The molecule has 0 aromatic heterocycles. The number of halogens is 4. The molecule has 0 fully saturated rings. The van der Waals surface area contributed by atoms with Crippen molar-refractivity contribution in [3.05, 3.63) is 79.1 Å². The Bertz CT molecular complexity index is 1500. The molecule has 42 heavy (non-hydrogen) atoms. The molecule has 2 aromatic rings. The molecule has 0 bridgehead atoms. The average Bonchev–Trinajstić information content (AvgIpc) is 2.93. The van der Waals surface area contributed by atoms with Gasteiger partial charge in [-0.2, -0.15) is 13.2 Å². The standard InChI is InChI=1S/C30H28ClF3N2O6/c1-3-35-19-7-5-9-22(37)27(19)26(28-20(35)8-6-10-23(28)38)16-13-18(31)29(25(14-16)41-4-2)42-24-12-11-17(30(32,33)34)15-21(24)36(39)40/h11-15,26H,3-10H2,1-2H3. The number of ketones is 2. The molecule has 1 aliphatic heterocycles. The summed E-state index contributed by atoms with van der Waals surface area (Å²) in [6, 6.07) is 5.05. The Labute approximate surface area is 244 Å². The van der Waals surface area contributed by atoms with E-state index in [1.807, 2.05) is 6.92 Å². The average molecular weight is 605 g/mol. The fourth-order valence-corrected chi connectivity index (χ4v) is 6.34. The zero-order valence-electron chi connectivity index (χ0n) is 23.0. The Kier molecular flexibility index (Phi) is 8.06. The number of alkyl halides is 3. The van der Waals surface area contributed by atoms with Crippen LogP contribution in [0.15, 0.2) is 52.9 Å². The van der Waals surface area contributed by atoms with E-state index in [1.165, 1.54) is 6.07 Å². The van der Waals surface area contributed by atoms with Crippen LogP contribution in [0, 0.1) is 10.1 Å². The van der Waals surface area contributed by atoms with Crippen LogP contribution in [0.25, 0.3) is 0 Å². The third-order valence-corrected chi connectivity index (χ3v) is 8.04. The fourth-order valence-electron chi connectivity index (χ4n) is 6.08. The predicted octanol–water partition coefficient (Wildman–Crippen LogP) is 7.89. The zero-order chi connectivity index (χ0) is 30.3. The van der Waals surface area contributed by atoms with Gasteiger partial charge in [0.1, 0.15) is 0 Å². The van der Waals surface area contributed by atoms with Crippen molar-refractivity contribution in [3.63, 3.8) is 0 Å². The number of ether oxygens (including phenoxy) is 2. The highest BCUT2D eigenvalue weighted by Crippen LogP contribution is 2.52. The minimum Gasteiger partial charge on any atom is -0.490 e. The largest absolute Gasteiger partial charge is 0.490 e. The molecule has 0 saturated carbocycles. The van der Waals surface area contributed by atoms with Crippen molar-refractivity contribution >= 4 is 28.9 Å². The van der Waals surface area contributed by atoms with Crippen molar-refractivity contribution in [1.82, 2.24) is 4.90 Å². The van der Waals surface area contributed by atoms with Crippen LogP contribution in [0.1, 0.15) is 69.4 Å². The van der Waals surface area contributed by atoms with E-state index in [0.717, 1.165) is 17.5 Å². The number of nitro groups is 1. The molecule has 5 rings (SSSR count). The third kappa shape index (κ3) is 5.26. The second-order valence-electron chi connectivity index (χ2n) is 10.3. The van der Waals surface area contributed by atoms with Gasteiger partial charge in [0.25, 0.3) is 0 Å². The summed E-state index contributed by atoms with van der Waals surface area (Å²) in [5, 5.41) is 11.6. The van der Waals surface area contributed by atoms with Crippen LogP contribution in [0.5, 0.6) is 17.2 Å². The summed E-state index contributed by atoms with van der Waals surface area (Å²) >= 11 is 6.69. The van der Waals surface area contributed by atoms with Crippen molar-refractivity contribution < 1.29 is 37.2 Å². The number of hydrogen-bond acceptors (Lipinski definition) is 7. The van der Waals surface area contributed by atoms with Crippen molar-refractivity contribution in [2.75, 3.05) is 13.2 Å². The second kappa shape index (κ2) is 11.4. The van der Waals surface area contributed by atoms with Gasteiger partial charge in [0, 0.05) is 53.9 Å². The summed E-state index contributed by atoms with van der Waals surface area (Å²) in [5.41, 5.74) is 1.35. The van der Waals surface area contributed by atoms with Crippen molar-refractivity contribution in [2.45, 2.75) is 64.5 Å². The fraction of sp³-hybridized carbons (Fsp3) is 0.400. The van der Waals surface area contributed by atoms with Gasteiger partial charge in [-0.15, -0.1) is 0 Å². The summed E-state index contributed by atoms with van der Waals surface area (Å²) in [7, 11) is 0. The first kappa shape index (κ1) is 29.6. The van der Waals surface area contributed by atoms with Gasteiger partial charge in [0.15, 0.2) is 23.1 Å². The SMILES string of the molecule is CCOc1cc(C2C3=C(CCCC3=O)N(CC)C3=C2C(=O)CCC3)cc(Cl)c1Oc1ccc(C(F)(F)F)cc1[N+](=O)[O-]. The third-order valence-electron chi connectivity index (χ3n) is 7.76. The van der Waals surface area contributed by atoms with Gasteiger partial charge >= 0.3 is 11.9 Å². The van der Waals surface area contributed by atoms with Gasteiger partial charge in [0.2, 0.25) is 5.75 Å². The molecule has 0 saturated heterocycles. The highest BCUT2D eigenvalue weighted by Gasteiger charge is 2.43. The van der Waals surface area contributed by atoms with E-state index in [0.29, 0.717) is 73.9 Å². The molecular formula is C30H28ClF3N2O6. The Balaban J connectivity index is 1.65. The molecule has 2 aromatic carbocycles. The van der Waals surface area contributed by atoms with Crippen molar-refractivity contribution in [1.29, 1.82) is 0 Å². The minimum absolute atomic E-state index is 0.0422. The maximum absolute atomic E-state index is 13.4. The van der Waals surface area contributed by atoms with Crippen LogP contribution in [-0.4, -0.2) is 34.5 Å². The number of Topliss-reactive ketones (excluding diaryl/α,β-unsaturated/α-hetero) is 2. The number of rotatable bonds is 7. The number of allylic oxidation sites excluding steroid dienone is 4. The van der Waals surface area contributed by atoms with E-state index in [9.17, 15) is 32.9 Å². The topological polar surface area (TPSA) is 99.0 Å². The number of benzene rings is 2. The molecule has 0 unspecified atom stereocenters. The van der Waals surface area contributed by atoms with Crippen molar-refractivity contribution in [2.24, 2.45) is 0 Å². The number of carbonyl (C=O) groups excluding carboxylic acids is 2. The summed E-state index contributed by atoms with van der Waals surface area (Å²) in [6.45, 7) is 4.44. The zero-order valence-corrected chi connectivity index (χ0v) is 23.7. The molecule has 0 amide bonds. The van der Waals surface area contributed by atoms with Gasteiger partial charge < -0.3 is 14.4 Å². The number of nitrogens with zero attached hydrogens (tertiary/aromatic N) is 2. The van der Waals surface area contributed by atoms with Gasteiger partial charge in [-0.1, -0.05) is 11.6 Å². The lowest BCUT2D eigenvalue weighted by Crippen LogP contribution is -2.39. The summed E-state index contributed by atoms with van der Waals surface area (Å²) in [4.78, 5) is 39.6. The molecule has 2 aliphatic carbocycles. The first-order valence-corrected chi connectivity index (χ1v) is 14.1. The smallest absolute Gasteiger partial charge is 0.416 e. The van der Waals surface area contributed by atoms with Gasteiger partial charge in [-0.3, -0.25) is 19.7 Å². The first-order valence-electron chi connectivity index (χ1n) is 13.8. The summed E-state index contributed by atoms with van der Waals surface area (Å²) < 4.78 is 51.2. The van der Waals surface area contributed by atoms with E-state index in [-0.39, 0.29) is 34.7 Å². The predicted molar refractivity (Wildman–Crippen MR) is 148 cm³/mol. The van der Waals surface area contributed by atoms with Crippen LogP contribution >= 0.6 is 11.6 Å². The monoisotopic (exact) mass is 604 g/mol. The quantitative estimate of drug-likeness (QED) is 0.234. The molecule has 0 radical (unpaired) electrons. The van der Waals surface area contributed by atoms with Crippen LogP contribution in [0.4, 0.5) is 18.9 Å².